The van der Waals surface area contributed by atoms with Crippen LogP contribution < -0.4 is 4.90 Å². The first kappa shape index (κ1) is 23.2. The molecule has 3 aromatic rings. The third-order valence-electron chi connectivity index (χ3n) is 6.07. The number of carbonyl (C=O) groups is 1. The number of aromatic nitrogens is 1. The number of thiazole rings is 1. The van der Waals surface area contributed by atoms with Gasteiger partial charge in [0, 0.05) is 31.2 Å². The number of morpholine rings is 1. The van der Waals surface area contributed by atoms with Crippen LogP contribution in [0.1, 0.15) is 28.7 Å². The molecule has 4 rings (SSSR count). The minimum Gasteiger partial charge on any atom is -0.379 e. The Balaban J connectivity index is 1.56. The molecule has 0 atom stereocenters. The van der Waals surface area contributed by atoms with Crippen LogP contribution in [0.5, 0.6) is 0 Å². The van der Waals surface area contributed by atoms with Crippen molar-refractivity contribution >= 4 is 44.2 Å². The Kier molecular flexibility index (Phi) is 7.46. The van der Waals surface area contributed by atoms with Gasteiger partial charge in [-0.25, -0.2) is 4.98 Å². The first-order valence-corrected chi connectivity index (χ1v) is 12.3. The Labute approximate surface area is 199 Å². The summed E-state index contributed by atoms with van der Waals surface area (Å²) in [7, 11) is 0. The van der Waals surface area contributed by atoms with Crippen molar-refractivity contribution in [1.82, 2.24) is 9.88 Å². The SMILES string of the molecule is Cc1ccc(CC(=O)N(CCCN2CCOCC2)c2nc3c(C)c(Cl)ccc3s2)c(C)c1. The van der Waals surface area contributed by atoms with E-state index in [9.17, 15) is 4.79 Å². The van der Waals surface area contributed by atoms with Gasteiger partial charge < -0.3 is 4.74 Å². The van der Waals surface area contributed by atoms with Crippen molar-refractivity contribution in [3.63, 3.8) is 0 Å². The summed E-state index contributed by atoms with van der Waals surface area (Å²) in [5.41, 5.74) is 5.27. The number of rotatable bonds is 7. The number of halogens is 1. The number of amides is 1. The third-order valence-corrected chi connectivity index (χ3v) is 7.52. The molecule has 0 aliphatic carbocycles. The van der Waals surface area contributed by atoms with Crippen LogP contribution in [0.25, 0.3) is 10.2 Å². The lowest BCUT2D eigenvalue weighted by atomic mass is 10.0. The van der Waals surface area contributed by atoms with Gasteiger partial charge in [-0.1, -0.05) is 46.7 Å². The first-order valence-electron chi connectivity index (χ1n) is 11.1. The Hall–Kier alpha value is -1.99. The van der Waals surface area contributed by atoms with E-state index in [4.69, 9.17) is 21.3 Å². The van der Waals surface area contributed by atoms with Crippen LogP contribution in [-0.4, -0.2) is 55.2 Å². The molecule has 170 valence electrons. The van der Waals surface area contributed by atoms with Crippen LogP contribution >= 0.6 is 22.9 Å². The van der Waals surface area contributed by atoms with E-state index in [-0.39, 0.29) is 5.91 Å². The van der Waals surface area contributed by atoms with Crippen molar-refractivity contribution in [1.29, 1.82) is 0 Å². The standard InChI is InChI=1S/C25H30ClN3O2S/c1-17-5-6-20(18(2)15-17)16-23(30)29(10-4-9-28-11-13-31-14-12-28)25-27-24-19(3)21(26)7-8-22(24)32-25/h5-8,15H,4,9-14,16H2,1-3H3. The van der Waals surface area contributed by atoms with Crippen LogP contribution in [-0.2, 0) is 16.0 Å². The molecule has 0 bridgehead atoms. The van der Waals surface area contributed by atoms with Crippen molar-refractivity contribution in [2.75, 3.05) is 44.3 Å². The van der Waals surface area contributed by atoms with Crippen LogP contribution in [0, 0.1) is 20.8 Å². The Morgan fingerprint density at radius 2 is 1.97 bits per heavy atom. The fraction of sp³-hybridized carbons (Fsp3) is 0.440. The molecule has 0 saturated carbocycles. The molecule has 1 saturated heterocycles. The second-order valence-corrected chi connectivity index (χ2v) is 9.89. The summed E-state index contributed by atoms with van der Waals surface area (Å²) in [6, 6.07) is 10.2. The van der Waals surface area contributed by atoms with E-state index in [1.807, 2.05) is 24.0 Å². The van der Waals surface area contributed by atoms with Gasteiger partial charge in [-0.3, -0.25) is 14.6 Å². The molecule has 0 N–H and O–H groups in total. The Morgan fingerprint density at radius 3 is 2.72 bits per heavy atom. The van der Waals surface area contributed by atoms with Gasteiger partial charge >= 0.3 is 0 Å². The van der Waals surface area contributed by atoms with E-state index in [0.29, 0.717) is 18.0 Å². The smallest absolute Gasteiger partial charge is 0.233 e. The maximum atomic E-state index is 13.5. The first-order chi connectivity index (χ1) is 15.4. The van der Waals surface area contributed by atoms with Crippen LogP contribution in [0.3, 0.4) is 0 Å². The van der Waals surface area contributed by atoms with E-state index in [1.165, 1.54) is 5.56 Å². The van der Waals surface area contributed by atoms with E-state index < -0.39 is 0 Å². The molecule has 0 spiro atoms. The molecule has 32 heavy (non-hydrogen) atoms. The molecule has 2 heterocycles. The number of aryl methyl sites for hydroxylation is 3. The predicted octanol–water partition coefficient (Wildman–Crippen LogP) is 5.17. The normalized spacial score (nSPS) is 14.8. The largest absolute Gasteiger partial charge is 0.379 e. The summed E-state index contributed by atoms with van der Waals surface area (Å²) in [4.78, 5) is 22.6. The average Bonchev–Trinajstić information content (AvgIpc) is 3.21. The van der Waals surface area contributed by atoms with Gasteiger partial charge in [0.1, 0.15) is 0 Å². The summed E-state index contributed by atoms with van der Waals surface area (Å²) in [6.45, 7) is 11.2. The molecule has 1 fully saturated rings. The van der Waals surface area contributed by atoms with Crippen molar-refractivity contribution in [3.05, 3.63) is 57.6 Å². The van der Waals surface area contributed by atoms with Crippen LogP contribution in [0.15, 0.2) is 30.3 Å². The maximum absolute atomic E-state index is 13.5. The lowest BCUT2D eigenvalue weighted by Gasteiger charge is -2.27. The van der Waals surface area contributed by atoms with Crippen LogP contribution in [0.4, 0.5) is 5.13 Å². The number of nitrogens with zero attached hydrogens (tertiary/aromatic N) is 3. The molecular weight excluding hydrogens is 442 g/mol. The number of fused-ring (bicyclic) bond motifs is 1. The minimum atomic E-state index is 0.0849. The summed E-state index contributed by atoms with van der Waals surface area (Å²) in [5, 5.41) is 1.46. The number of carbonyl (C=O) groups excluding carboxylic acids is 1. The molecule has 2 aromatic carbocycles. The number of benzene rings is 2. The van der Waals surface area contributed by atoms with E-state index in [2.05, 4.69) is 36.9 Å². The highest BCUT2D eigenvalue weighted by Crippen LogP contribution is 2.34. The third kappa shape index (κ3) is 5.31. The zero-order chi connectivity index (χ0) is 22.7. The van der Waals surface area contributed by atoms with Gasteiger partial charge in [-0.05, 0) is 56.0 Å². The Morgan fingerprint density at radius 1 is 1.19 bits per heavy atom. The van der Waals surface area contributed by atoms with Crippen molar-refractivity contribution in [2.45, 2.75) is 33.6 Å². The highest BCUT2D eigenvalue weighted by atomic mass is 35.5. The summed E-state index contributed by atoms with van der Waals surface area (Å²) >= 11 is 7.88. The summed E-state index contributed by atoms with van der Waals surface area (Å²) in [5.74, 6) is 0.0849. The lowest BCUT2D eigenvalue weighted by Crippen LogP contribution is -2.39. The van der Waals surface area contributed by atoms with Gasteiger partial charge in [-0.15, -0.1) is 0 Å². The number of hydrogen-bond acceptors (Lipinski definition) is 5. The topological polar surface area (TPSA) is 45.7 Å². The summed E-state index contributed by atoms with van der Waals surface area (Å²) in [6.07, 6.45) is 1.27. The highest BCUT2D eigenvalue weighted by molar-refractivity contribution is 7.22. The fourth-order valence-corrected chi connectivity index (χ4v) is 5.33. The lowest BCUT2D eigenvalue weighted by molar-refractivity contribution is -0.118. The molecule has 1 amide bonds. The van der Waals surface area contributed by atoms with Crippen molar-refractivity contribution < 1.29 is 9.53 Å². The molecule has 1 aromatic heterocycles. The fourth-order valence-electron chi connectivity index (χ4n) is 4.11. The van der Waals surface area contributed by atoms with Gasteiger partial charge in [-0.2, -0.15) is 0 Å². The second kappa shape index (κ2) is 10.3. The van der Waals surface area contributed by atoms with Gasteiger partial charge in [0.25, 0.3) is 0 Å². The zero-order valence-corrected chi connectivity index (χ0v) is 20.6. The zero-order valence-electron chi connectivity index (χ0n) is 19.0. The molecule has 7 heteroatoms. The number of ether oxygens (including phenoxy) is 1. The quantitative estimate of drug-likeness (QED) is 0.476. The molecule has 0 unspecified atom stereocenters. The molecule has 1 aliphatic heterocycles. The van der Waals surface area contributed by atoms with Gasteiger partial charge in [0.05, 0.1) is 29.9 Å². The monoisotopic (exact) mass is 471 g/mol. The Bertz CT molecular complexity index is 1110. The molecule has 0 radical (unpaired) electrons. The minimum absolute atomic E-state index is 0.0849. The van der Waals surface area contributed by atoms with Gasteiger partial charge in [0.15, 0.2) is 5.13 Å². The predicted molar refractivity (Wildman–Crippen MR) is 133 cm³/mol. The van der Waals surface area contributed by atoms with Gasteiger partial charge in [0.2, 0.25) is 5.91 Å². The van der Waals surface area contributed by atoms with E-state index in [0.717, 1.165) is 71.3 Å². The molecular formula is C25H30ClN3O2S. The average molecular weight is 472 g/mol. The maximum Gasteiger partial charge on any atom is 0.233 e. The van der Waals surface area contributed by atoms with Crippen molar-refractivity contribution in [2.24, 2.45) is 0 Å². The van der Waals surface area contributed by atoms with E-state index in [1.54, 1.807) is 11.3 Å². The second-order valence-electron chi connectivity index (χ2n) is 8.48. The molecule has 1 aliphatic rings. The summed E-state index contributed by atoms with van der Waals surface area (Å²) < 4.78 is 6.50. The van der Waals surface area contributed by atoms with Crippen LogP contribution in [0.2, 0.25) is 5.02 Å². The van der Waals surface area contributed by atoms with Crippen molar-refractivity contribution in [3.8, 4) is 0 Å². The number of anilines is 1. The number of hydrogen-bond donors (Lipinski definition) is 0. The highest BCUT2D eigenvalue weighted by Gasteiger charge is 2.22. The van der Waals surface area contributed by atoms with E-state index >= 15 is 0 Å². The molecule has 5 nitrogen and oxygen atoms in total.